The van der Waals surface area contributed by atoms with Crippen LogP contribution >= 0.6 is 0 Å². The monoisotopic (exact) mass is 407 g/mol. The first-order valence-electron chi connectivity index (χ1n) is 9.10. The van der Waals surface area contributed by atoms with E-state index in [1.807, 2.05) is 0 Å². The minimum Gasteiger partial charge on any atom is -0.344 e. The first-order valence-corrected chi connectivity index (χ1v) is 9.10. The van der Waals surface area contributed by atoms with E-state index in [0.29, 0.717) is 28.9 Å². The average Bonchev–Trinajstić information content (AvgIpc) is 3.29. The third kappa shape index (κ3) is 3.69. The number of halogens is 4. The van der Waals surface area contributed by atoms with Gasteiger partial charge in [-0.15, -0.1) is 0 Å². The van der Waals surface area contributed by atoms with Crippen LogP contribution in [0.15, 0.2) is 36.4 Å². The van der Waals surface area contributed by atoms with Crippen LogP contribution in [0.1, 0.15) is 50.7 Å². The van der Waals surface area contributed by atoms with Gasteiger partial charge in [-0.3, -0.25) is 9.59 Å². The van der Waals surface area contributed by atoms with Crippen molar-refractivity contribution in [3.05, 3.63) is 64.5 Å². The molecule has 0 spiro atoms. The van der Waals surface area contributed by atoms with E-state index < -0.39 is 29.0 Å². The van der Waals surface area contributed by atoms with Crippen molar-refractivity contribution in [1.29, 1.82) is 0 Å². The van der Waals surface area contributed by atoms with Crippen molar-refractivity contribution in [3.8, 4) is 0 Å². The van der Waals surface area contributed by atoms with Crippen molar-refractivity contribution in [3.63, 3.8) is 0 Å². The molecular formula is C20H17F4N3O2. The Labute approximate surface area is 163 Å². The van der Waals surface area contributed by atoms with Crippen molar-refractivity contribution in [2.45, 2.75) is 31.1 Å². The Morgan fingerprint density at radius 1 is 1.17 bits per heavy atom. The molecule has 2 atom stereocenters. The highest BCUT2D eigenvalue weighted by Crippen LogP contribution is 2.37. The predicted molar refractivity (Wildman–Crippen MR) is 97.0 cm³/mol. The molecule has 5 nitrogen and oxygen atoms in total. The average molecular weight is 407 g/mol. The number of fused-ring (bicyclic) bond motifs is 1. The highest BCUT2D eigenvalue weighted by molar-refractivity contribution is 6.07. The van der Waals surface area contributed by atoms with Crippen molar-refractivity contribution in [2.24, 2.45) is 0 Å². The maximum atomic E-state index is 13.7. The van der Waals surface area contributed by atoms with E-state index in [-0.39, 0.29) is 18.0 Å². The highest BCUT2D eigenvalue weighted by atomic mass is 19.4. The summed E-state index contributed by atoms with van der Waals surface area (Å²) in [5.74, 6) is -2.33. The molecule has 0 bridgehead atoms. The van der Waals surface area contributed by atoms with Crippen LogP contribution in [0, 0.1) is 5.82 Å². The van der Waals surface area contributed by atoms with Crippen LogP contribution < -0.4 is 16.0 Å². The molecule has 2 heterocycles. The summed E-state index contributed by atoms with van der Waals surface area (Å²) in [4.78, 5) is 24.9. The second kappa shape index (κ2) is 7.14. The summed E-state index contributed by atoms with van der Waals surface area (Å²) in [6.45, 7) is 0.810. The molecule has 2 aromatic rings. The standard InChI is InChI=1S/C20H17F4N3O2/c21-12-8-10(7-11(9-12)20(22,23)24)18(28)26-14-4-1-3-13-16(14)17(27-19(13)29)15-5-2-6-25-15/h1,3-4,7-9,15,17,25H,2,5-6H2,(H,26,28)(H,27,29). The van der Waals surface area contributed by atoms with Crippen LogP contribution in [-0.4, -0.2) is 24.4 Å². The van der Waals surface area contributed by atoms with Gasteiger partial charge in [-0.25, -0.2) is 4.39 Å². The summed E-state index contributed by atoms with van der Waals surface area (Å²) in [5.41, 5.74) is -0.412. The Morgan fingerprint density at radius 3 is 2.66 bits per heavy atom. The van der Waals surface area contributed by atoms with Crippen molar-refractivity contribution < 1.29 is 27.2 Å². The largest absolute Gasteiger partial charge is 0.416 e. The van der Waals surface area contributed by atoms with Crippen LogP contribution in [0.2, 0.25) is 0 Å². The zero-order chi connectivity index (χ0) is 20.8. The molecule has 0 aromatic heterocycles. The number of carbonyl (C=O) groups excluding carboxylic acids is 2. The van der Waals surface area contributed by atoms with Gasteiger partial charge in [-0.1, -0.05) is 6.07 Å². The van der Waals surface area contributed by atoms with E-state index >= 15 is 0 Å². The van der Waals surface area contributed by atoms with Gasteiger partial charge in [0, 0.05) is 28.4 Å². The molecule has 0 radical (unpaired) electrons. The first-order chi connectivity index (χ1) is 13.7. The molecule has 1 saturated heterocycles. The lowest BCUT2D eigenvalue weighted by Crippen LogP contribution is -2.36. The Bertz CT molecular complexity index is 984. The molecule has 2 unspecified atom stereocenters. The summed E-state index contributed by atoms with van der Waals surface area (Å²) in [6.07, 6.45) is -2.99. The second-order valence-electron chi connectivity index (χ2n) is 7.10. The van der Waals surface area contributed by atoms with Crippen LogP contribution in [0.4, 0.5) is 23.2 Å². The maximum Gasteiger partial charge on any atom is 0.416 e. The van der Waals surface area contributed by atoms with E-state index in [1.165, 1.54) is 0 Å². The molecular weight excluding hydrogens is 390 g/mol. The van der Waals surface area contributed by atoms with Gasteiger partial charge in [-0.2, -0.15) is 13.2 Å². The lowest BCUT2D eigenvalue weighted by Gasteiger charge is -2.22. The molecule has 2 amide bonds. The van der Waals surface area contributed by atoms with Gasteiger partial charge in [0.15, 0.2) is 0 Å². The van der Waals surface area contributed by atoms with Crippen molar-refractivity contribution >= 4 is 17.5 Å². The fourth-order valence-corrected chi connectivity index (χ4v) is 3.88. The predicted octanol–water partition coefficient (Wildman–Crippen LogP) is 3.63. The fourth-order valence-electron chi connectivity index (χ4n) is 3.88. The van der Waals surface area contributed by atoms with E-state index in [0.717, 1.165) is 25.5 Å². The van der Waals surface area contributed by atoms with Gasteiger partial charge in [0.25, 0.3) is 11.8 Å². The molecule has 2 aromatic carbocycles. The molecule has 152 valence electrons. The van der Waals surface area contributed by atoms with Gasteiger partial charge in [0.1, 0.15) is 5.82 Å². The summed E-state index contributed by atoms with van der Waals surface area (Å²) in [6, 6.07) is 6.07. The number of nitrogens with one attached hydrogen (secondary N) is 3. The molecule has 3 N–H and O–H groups in total. The van der Waals surface area contributed by atoms with Gasteiger partial charge in [0.05, 0.1) is 11.6 Å². The van der Waals surface area contributed by atoms with E-state index in [2.05, 4.69) is 16.0 Å². The number of amides is 2. The van der Waals surface area contributed by atoms with Crippen molar-refractivity contribution in [1.82, 2.24) is 10.6 Å². The lowest BCUT2D eigenvalue weighted by atomic mass is 9.95. The van der Waals surface area contributed by atoms with Gasteiger partial charge in [0.2, 0.25) is 0 Å². The molecule has 0 aliphatic carbocycles. The third-order valence-corrected chi connectivity index (χ3v) is 5.18. The zero-order valence-corrected chi connectivity index (χ0v) is 15.1. The van der Waals surface area contributed by atoms with Crippen LogP contribution in [0.5, 0.6) is 0 Å². The van der Waals surface area contributed by atoms with Crippen LogP contribution in [0.25, 0.3) is 0 Å². The molecule has 0 saturated carbocycles. The summed E-state index contributed by atoms with van der Waals surface area (Å²) >= 11 is 0. The molecule has 29 heavy (non-hydrogen) atoms. The number of anilines is 1. The smallest absolute Gasteiger partial charge is 0.344 e. The normalized spacial score (nSPS) is 21.0. The zero-order valence-electron chi connectivity index (χ0n) is 15.1. The Balaban J connectivity index is 1.67. The number of rotatable bonds is 3. The minimum atomic E-state index is -4.78. The minimum absolute atomic E-state index is 0.00995. The molecule has 2 aliphatic rings. The molecule has 1 fully saturated rings. The van der Waals surface area contributed by atoms with Gasteiger partial charge >= 0.3 is 6.18 Å². The van der Waals surface area contributed by atoms with Crippen molar-refractivity contribution in [2.75, 3.05) is 11.9 Å². The van der Waals surface area contributed by atoms with E-state index in [4.69, 9.17) is 0 Å². The second-order valence-corrected chi connectivity index (χ2v) is 7.10. The fraction of sp³-hybridized carbons (Fsp3) is 0.300. The van der Waals surface area contributed by atoms with Gasteiger partial charge < -0.3 is 16.0 Å². The van der Waals surface area contributed by atoms with Crippen LogP contribution in [-0.2, 0) is 6.18 Å². The quantitative estimate of drug-likeness (QED) is 0.681. The number of hydrogen-bond donors (Lipinski definition) is 3. The molecule has 9 heteroatoms. The summed E-state index contributed by atoms with van der Waals surface area (Å²) < 4.78 is 52.5. The van der Waals surface area contributed by atoms with Gasteiger partial charge in [-0.05, 0) is 49.7 Å². The Morgan fingerprint density at radius 2 is 1.97 bits per heavy atom. The number of alkyl halides is 3. The summed E-state index contributed by atoms with van der Waals surface area (Å²) in [5, 5.41) is 8.74. The van der Waals surface area contributed by atoms with E-state index in [9.17, 15) is 27.2 Å². The summed E-state index contributed by atoms with van der Waals surface area (Å²) in [7, 11) is 0. The number of hydrogen-bond acceptors (Lipinski definition) is 3. The number of benzene rings is 2. The maximum absolute atomic E-state index is 13.7. The number of carbonyl (C=O) groups is 2. The van der Waals surface area contributed by atoms with Crippen LogP contribution in [0.3, 0.4) is 0 Å². The first kappa shape index (κ1) is 19.4. The topological polar surface area (TPSA) is 70.2 Å². The Hall–Kier alpha value is -2.94. The molecule has 4 rings (SSSR count). The lowest BCUT2D eigenvalue weighted by molar-refractivity contribution is -0.137. The molecule has 2 aliphatic heterocycles. The SMILES string of the molecule is O=C(Nc1cccc2c1C(C1CCCN1)NC2=O)c1cc(F)cc(C(F)(F)F)c1. The third-order valence-electron chi connectivity index (χ3n) is 5.18. The Kier molecular flexibility index (Phi) is 4.77. The highest BCUT2D eigenvalue weighted by Gasteiger charge is 2.38. The van der Waals surface area contributed by atoms with E-state index in [1.54, 1.807) is 18.2 Å².